The van der Waals surface area contributed by atoms with Crippen molar-refractivity contribution in [1.82, 2.24) is 0 Å². The molecule has 0 unspecified atom stereocenters. The van der Waals surface area contributed by atoms with Gasteiger partial charge in [0.05, 0.1) is 0 Å². The summed E-state index contributed by atoms with van der Waals surface area (Å²) >= 11 is 0. The molecule has 2 N–H and O–H groups in total. The smallest absolute Gasteiger partial charge is 0.119 e. The van der Waals surface area contributed by atoms with E-state index in [1.807, 2.05) is 26.0 Å². The van der Waals surface area contributed by atoms with Crippen LogP contribution in [-0.2, 0) is 0 Å². The molecule has 2 rings (SSSR count). The van der Waals surface area contributed by atoms with Crippen molar-refractivity contribution in [3.8, 4) is 11.5 Å². The largest absolute Gasteiger partial charge is 0.508 e. The lowest BCUT2D eigenvalue weighted by molar-refractivity contribution is 0.466. The van der Waals surface area contributed by atoms with Crippen LogP contribution in [0.3, 0.4) is 0 Å². The van der Waals surface area contributed by atoms with Crippen molar-refractivity contribution in [3.05, 3.63) is 35.9 Å². The second-order valence-corrected chi connectivity index (χ2v) is 4.06. The predicted octanol–water partition coefficient (Wildman–Crippen LogP) is 3.37. The zero-order chi connectivity index (χ0) is 11.0. The molecule has 0 bridgehead atoms. The van der Waals surface area contributed by atoms with Crippen LogP contribution in [-0.4, -0.2) is 10.2 Å². The molecule has 0 aliphatic carbocycles. The summed E-state index contributed by atoms with van der Waals surface area (Å²) in [6, 6.07) is 8.77. The fourth-order valence-corrected chi connectivity index (χ4v) is 1.93. The summed E-state index contributed by atoms with van der Waals surface area (Å²) in [5, 5.41) is 21.2. The molecule has 0 radical (unpaired) electrons. The van der Waals surface area contributed by atoms with Crippen molar-refractivity contribution in [3.63, 3.8) is 0 Å². The molecule has 0 aromatic heterocycles. The van der Waals surface area contributed by atoms with E-state index in [2.05, 4.69) is 0 Å². The van der Waals surface area contributed by atoms with E-state index in [1.165, 1.54) is 0 Å². The molecule has 0 fully saturated rings. The average Bonchev–Trinajstić information content (AvgIpc) is 2.16. The van der Waals surface area contributed by atoms with Crippen molar-refractivity contribution in [1.29, 1.82) is 0 Å². The quantitative estimate of drug-likeness (QED) is 0.744. The Kier molecular flexibility index (Phi) is 2.27. The summed E-state index contributed by atoms with van der Waals surface area (Å²) < 4.78 is 0. The van der Waals surface area contributed by atoms with Crippen molar-refractivity contribution >= 4 is 10.8 Å². The SMILES string of the molecule is CC(C)c1c(O)ccc2ccc(O)cc12. The monoisotopic (exact) mass is 202 g/mol. The molecule has 0 saturated heterocycles. The summed E-state index contributed by atoms with van der Waals surface area (Å²) in [5.41, 5.74) is 0.892. The van der Waals surface area contributed by atoms with Gasteiger partial charge in [-0.05, 0) is 34.9 Å². The standard InChI is InChI=1S/C13H14O2/c1-8(2)13-11-7-10(14)5-3-9(11)4-6-12(13)15/h3-8,14-15H,1-2H3. The number of phenols is 2. The third kappa shape index (κ3) is 1.63. The first-order valence-electron chi connectivity index (χ1n) is 5.04. The Labute approximate surface area is 88.8 Å². The molecule has 2 heteroatoms. The molecule has 0 heterocycles. The molecular formula is C13H14O2. The Bertz CT molecular complexity index is 496. The van der Waals surface area contributed by atoms with Gasteiger partial charge in [0.2, 0.25) is 0 Å². The highest BCUT2D eigenvalue weighted by Crippen LogP contribution is 2.34. The first-order valence-corrected chi connectivity index (χ1v) is 5.04. The van der Waals surface area contributed by atoms with Crippen LogP contribution in [0.5, 0.6) is 11.5 Å². The van der Waals surface area contributed by atoms with Gasteiger partial charge in [-0.25, -0.2) is 0 Å². The Morgan fingerprint density at radius 2 is 1.67 bits per heavy atom. The summed E-state index contributed by atoms with van der Waals surface area (Å²) in [4.78, 5) is 0. The van der Waals surface area contributed by atoms with Crippen LogP contribution in [0.2, 0.25) is 0 Å². The summed E-state index contributed by atoms with van der Waals surface area (Å²) in [5.74, 6) is 0.758. The van der Waals surface area contributed by atoms with Crippen molar-refractivity contribution in [2.45, 2.75) is 19.8 Å². The van der Waals surface area contributed by atoms with Crippen LogP contribution in [0.25, 0.3) is 10.8 Å². The topological polar surface area (TPSA) is 40.5 Å². The lowest BCUT2D eigenvalue weighted by Gasteiger charge is -2.12. The van der Waals surface area contributed by atoms with Gasteiger partial charge in [-0.2, -0.15) is 0 Å². The van der Waals surface area contributed by atoms with Crippen molar-refractivity contribution < 1.29 is 10.2 Å². The molecule has 0 aliphatic heterocycles. The van der Waals surface area contributed by atoms with E-state index in [1.54, 1.807) is 18.2 Å². The van der Waals surface area contributed by atoms with Gasteiger partial charge in [-0.3, -0.25) is 0 Å². The lowest BCUT2D eigenvalue weighted by atomic mass is 9.95. The second-order valence-electron chi connectivity index (χ2n) is 4.06. The molecular weight excluding hydrogens is 188 g/mol. The third-order valence-corrected chi connectivity index (χ3v) is 2.60. The average molecular weight is 202 g/mol. The molecule has 0 atom stereocenters. The summed E-state index contributed by atoms with van der Waals surface area (Å²) in [7, 11) is 0. The normalized spacial score (nSPS) is 11.1. The van der Waals surface area contributed by atoms with Gasteiger partial charge < -0.3 is 10.2 Å². The van der Waals surface area contributed by atoms with Crippen LogP contribution in [0.1, 0.15) is 25.3 Å². The van der Waals surface area contributed by atoms with E-state index < -0.39 is 0 Å². The number of benzene rings is 2. The highest BCUT2D eigenvalue weighted by Gasteiger charge is 2.10. The van der Waals surface area contributed by atoms with E-state index in [0.717, 1.165) is 16.3 Å². The molecule has 0 spiro atoms. The van der Waals surface area contributed by atoms with Crippen LogP contribution < -0.4 is 0 Å². The Morgan fingerprint density at radius 1 is 1.00 bits per heavy atom. The summed E-state index contributed by atoms with van der Waals surface area (Å²) in [6.45, 7) is 4.05. The minimum absolute atomic E-state index is 0.231. The van der Waals surface area contributed by atoms with Crippen LogP contribution >= 0.6 is 0 Å². The maximum Gasteiger partial charge on any atom is 0.119 e. The molecule has 0 aliphatic rings. The maximum absolute atomic E-state index is 9.79. The number of hydrogen-bond acceptors (Lipinski definition) is 2. The summed E-state index contributed by atoms with van der Waals surface area (Å²) in [6.07, 6.45) is 0. The van der Waals surface area contributed by atoms with E-state index in [0.29, 0.717) is 5.75 Å². The van der Waals surface area contributed by atoms with E-state index in [4.69, 9.17) is 0 Å². The molecule has 0 saturated carbocycles. The minimum Gasteiger partial charge on any atom is -0.508 e. The Morgan fingerprint density at radius 3 is 2.33 bits per heavy atom. The number of aromatic hydroxyl groups is 2. The molecule has 2 aromatic rings. The van der Waals surface area contributed by atoms with E-state index in [9.17, 15) is 10.2 Å². The van der Waals surface area contributed by atoms with E-state index >= 15 is 0 Å². The first kappa shape index (κ1) is 9.84. The highest BCUT2D eigenvalue weighted by atomic mass is 16.3. The Hall–Kier alpha value is -1.70. The zero-order valence-electron chi connectivity index (χ0n) is 8.86. The second kappa shape index (κ2) is 3.46. The number of phenolic OH excluding ortho intramolecular Hbond substituents is 2. The lowest BCUT2D eigenvalue weighted by Crippen LogP contribution is -1.90. The Balaban J connectivity index is 2.84. The minimum atomic E-state index is 0.231. The van der Waals surface area contributed by atoms with Crippen molar-refractivity contribution in [2.75, 3.05) is 0 Å². The van der Waals surface area contributed by atoms with Gasteiger partial charge in [-0.1, -0.05) is 26.0 Å². The fraction of sp³-hybridized carbons (Fsp3) is 0.231. The van der Waals surface area contributed by atoms with Crippen molar-refractivity contribution in [2.24, 2.45) is 0 Å². The third-order valence-electron chi connectivity index (χ3n) is 2.60. The van der Waals surface area contributed by atoms with Crippen LogP contribution in [0.4, 0.5) is 0 Å². The first-order chi connectivity index (χ1) is 7.09. The number of rotatable bonds is 1. The van der Waals surface area contributed by atoms with Crippen LogP contribution in [0.15, 0.2) is 30.3 Å². The van der Waals surface area contributed by atoms with E-state index in [-0.39, 0.29) is 11.7 Å². The predicted molar refractivity (Wildman–Crippen MR) is 61.4 cm³/mol. The molecule has 2 aromatic carbocycles. The maximum atomic E-state index is 9.79. The molecule has 2 nitrogen and oxygen atoms in total. The zero-order valence-corrected chi connectivity index (χ0v) is 8.86. The van der Waals surface area contributed by atoms with Gasteiger partial charge in [0.25, 0.3) is 0 Å². The van der Waals surface area contributed by atoms with Gasteiger partial charge in [0, 0.05) is 5.56 Å². The molecule has 78 valence electrons. The van der Waals surface area contributed by atoms with Crippen LogP contribution in [0, 0.1) is 0 Å². The highest BCUT2D eigenvalue weighted by molar-refractivity contribution is 5.89. The van der Waals surface area contributed by atoms with Gasteiger partial charge in [0.15, 0.2) is 0 Å². The fourth-order valence-electron chi connectivity index (χ4n) is 1.93. The van der Waals surface area contributed by atoms with Gasteiger partial charge in [0.1, 0.15) is 11.5 Å². The number of hydrogen-bond donors (Lipinski definition) is 2. The van der Waals surface area contributed by atoms with Gasteiger partial charge in [-0.15, -0.1) is 0 Å². The number of fused-ring (bicyclic) bond motifs is 1. The molecule has 0 amide bonds. The molecule has 15 heavy (non-hydrogen) atoms. The van der Waals surface area contributed by atoms with Gasteiger partial charge >= 0.3 is 0 Å².